The molecule has 126 valence electrons. The Morgan fingerprint density at radius 1 is 1.04 bits per heavy atom. The molecule has 0 radical (unpaired) electrons. The highest BCUT2D eigenvalue weighted by atomic mass is 32.1. The van der Waals surface area contributed by atoms with Gasteiger partial charge in [-0.2, -0.15) is 0 Å². The van der Waals surface area contributed by atoms with Gasteiger partial charge < -0.3 is 10.1 Å². The summed E-state index contributed by atoms with van der Waals surface area (Å²) in [4.78, 5) is 17.4. The molecule has 0 spiro atoms. The van der Waals surface area contributed by atoms with Crippen LogP contribution in [0, 0.1) is 6.92 Å². The van der Waals surface area contributed by atoms with Gasteiger partial charge in [-0.15, -0.1) is 11.3 Å². The fourth-order valence-corrected chi connectivity index (χ4v) is 3.98. The quantitative estimate of drug-likeness (QED) is 0.735. The minimum Gasteiger partial charge on any atom is -0.497 e. The zero-order valence-corrected chi connectivity index (χ0v) is 14.8. The molecule has 1 aliphatic heterocycles. The first-order valence-corrected chi connectivity index (χ1v) is 8.88. The second-order valence-electron chi connectivity index (χ2n) is 5.91. The molecular weight excluding hydrogens is 332 g/mol. The number of ether oxygens (including phenoxy) is 1. The molecule has 3 aromatic rings. The Bertz CT molecular complexity index is 917. The molecule has 1 atom stereocenters. The van der Waals surface area contributed by atoms with Gasteiger partial charge in [-0.25, -0.2) is 0 Å². The second kappa shape index (κ2) is 6.26. The Labute approximate surface area is 150 Å². The van der Waals surface area contributed by atoms with Gasteiger partial charge in [0.05, 0.1) is 12.7 Å². The maximum Gasteiger partial charge on any atom is 0.262 e. The Morgan fingerprint density at radius 3 is 2.48 bits per heavy atom. The zero-order chi connectivity index (χ0) is 17.4. The van der Waals surface area contributed by atoms with Crippen molar-refractivity contribution in [2.75, 3.05) is 17.3 Å². The number of hydrogen-bond acceptors (Lipinski definition) is 4. The highest BCUT2D eigenvalue weighted by Gasteiger charge is 2.34. The molecule has 0 bridgehead atoms. The van der Waals surface area contributed by atoms with Crippen molar-refractivity contribution in [3.05, 3.63) is 76.0 Å². The molecule has 1 amide bonds. The van der Waals surface area contributed by atoms with Crippen LogP contribution in [0.2, 0.25) is 0 Å². The molecule has 0 saturated heterocycles. The average Bonchev–Trinajstić information content (AvgIpc) is 3.08. The number of thiophene rings is 1. The lowest BCUT2D eigenvalue weighted by Gasteiger charge is -2.37. The lowest BCUT2D eigenvalue weighted by molar-refractivity contribution is 0.0975. The number of amides is 1. The number of carbonyl (C=O) groups excluding carboxylic acids is 1. The third kappa shape index (κ3) is 2.76. The highest BCUT2D eigenvalue weighted by molar-refractivity contribution is 7.12. The average molecular weight is 350 g/mol. The lowest BCUT2D eigenvalue weighted by atomic mass is 10.1. The van der Waals surface area contributed by atoms with Gasteiger partial charge in [-0.3, -0.25) is 9.69 Å². The standard InChI is InChI=1S/C20H18N2O2S/c1-13-7-12-18(25-13)19-21-17-6-4-3-5-16(17)20(23)22(19)14-8-10-15(24-2)11-9-14/h3-12,19,21H,1-2H3. The molecule has 25 heavy (non-hydrogen) atoms. The van der Waals surface area contributed by atoms with Crippen molar-refractivity contribution in [2.24, 2.45) is 0 Å². The summed E-state index contributed by atoms with van der Waals surface area (Å²) >= 11 is 1.70. The van der Waals surface area contributed by atoms with Crippen LogP contribution in [-0.4, -0.2) is 13.0 Å². The topological polar surface area (TPSA) is 41.6 Å². The van der Waals surface area contributed by atoms with Crippen LogP contribution in [0.25, 0.3) is 0 Å². The summed E-state index contributed by atoms with van der Waals surface area (Å²) in [6.45, 7) is 2.07. The summed E-state index contributed by atoms with van der Waals surface area (Å²) in [6, 6.07) is 19.4. The molecule has 2 heterocycles. The van der Waals surface area contributed by atoms with E-state index in [1.807, 2.05) is 53.4 Å². The second-order valence-corrected chi connectivity index (χ2v) is 7.23. The van der Waals surface area contributed by atoms with Gasteiger partial charge in [0.2, 0.25) is 0 Å². The normalized spacial score (nSPS) is 16.3. The number of nitrogens with one attached hydrogen (secondary N) is 1. The van der Waals surface area contributed by atoms with Crippen LogP contribution in [0.3, 0.4) is 0 Å². The number of aryl methyl sites for hydroxylation is 1. The summed E-state index contributed by atoms with van der Waals surface area (Å²) in [7, 11) is 1.64. The van der Waals surface area contributed by atoms with Crippen LogP contribution in [0.4, 0.5) is 11.4 Å². The third-order valence-electron chi connectivity index (χ3n) is 4.31. The molecule has 5 heteroatoms. The molecule has 1 unspecified atom stereocenters. The maximum atomic E-state index is 13.2. The number of fused-ring (bicyclic) bond motifs is 1. The van der Waals surface area contributed by atoms with Crippen molar-refractivity contribution in [3.8, 4) is 5.75 Å². The van der Waals surface area contributed by atoms with Crippen LogP contribution >= 0.6 is 11.3 Å². The van der Waals surface area contributed by atoms with E-state index in [1.54, 1.807) is 18.4 Å². The van der Waals surface area contributed by atoms with E-state index < -0.39 is 0 Å². The fourth-order valence-electron chi connectivity index (χ4n) is 3.06. The monoisotopic (exact) mass is 350 g/mol. The first-order chi connectivity index (χ1) is 12.2. The zero-order valence-electron chi connectivity index (χ0n) is 14.0. The van der Waals surface area contributed by atoms with E-state index in [9.17, 15) is 4.79 Å². The van der Waals surface area contributed by atoms with Crippen molar-refractivity contribution >= 4 is 28.6 Å². The van der Waals surface area contributed by atoms with Crippen LogP contribution in [-0.2, 0) is 0 Å². The van der Waals surface area contributed by atoms with Gasteiger partial charge in [-0.1, -0.05) is 12.1 Å². The molecule has 1 aliphatic rings. The van der Waals surface area contributed by atoms with Gasteiger partial charge in [0.15, 0.2) is 0 Å². The Balaban J connectivity index is 1.82. The molecule has 0 aliphatic carbocycles. The summed E-state index contributed by atoms with van der Waals surface area (Å²) < 4.78 is 5.24. The van der Waals surface area contributed by atoms with E-state index >= 15 is 0 Å². The minimum absolute atomic E-state index is 0.00410. The van der Waals surface area contributed by atoms with Crippen molar-refractivity contribution < 1.29 is 9.53 Å². The number of benzene rings is 2. The van der Waals surface area contributed by atoms with E-state index in [0.717, 1.165) is 22.0 Å². The number of para-hydroxylation sites is 1. The molecule has 2 aromatic carbocycles. The van der Waals surface area contributed by atoms with Gasteiger partial charge in [0, 0.05) is 21.1 Å². The Hall–Kier alpha value is -2.79. The minimum atomic E-state index is -0.227. The number of nitrogens with zero attached hydrogens (tertiary/aromatic N) is 1. The van der Waals surface area contributed by atoms with Gasteiger partial charge in [0.25, 0.3) is 5.91 Å². The van der Waals surface area contributed by atoms with E-state index in [0.29, 0.717) is 5.56 Å². The number of rotatable bonds is 3. The number of hydrogen-bond donors (Lipinski definition) is 1. The van der Waals surface area contributed by atoms with Crippen molar-refractivity contribution in [1.29, 1.82) is 0 Å². The first-order valence-electron chi connectivity index (χ1n) is 8.07. The number of methoxy groups -OCH3 is 1. The molecular formula is C20H18N2O2S. The molecule has 1 N–H and O–H groups in total. The lowest BCUT2D eigenvalue weighted by Crippen LogP contribution is -2.42. The molecule has 1 aromatic heterocycles. The summed E-state index contributed by atoms with van der Waals surface area (Å²) in [6.07, 6.45) is -0.227. The predicted octanol–water partition coefficient (Wildman–Crippen LogP) is 4.84. The first kappa shape index (κ1) is 15.7. The summed E-state index contributed by atoms with van der Waals surface area (Å²) in [5.41, 5.74) is 2.39. The van der Waals surface area contributed by atoms with Crippen LogP contribution in [0.15, 0.2) is 60.7 Å². The summed E-state index contributed by atoms with van der Waals surface area (Å²) in [5.74, 6) is 0.764. The highest BCUT2D eigenvalue weighted by Crippen LogP contribution is 2.39. The summed E-state index contributed by atoms with van der Waals surface area (Å²) in [5, 5.41) is 3.52. The van der Waals surface area contributed by atoms with E-state index in [4.69, 9.17) is 4.74 Å². The van der Waals surface area contributed by atoms with Gasteiger partial charge in [-0.05, 0) is 55.5 Å². The predicted molar refractivity (Wildman–Crippen MR) is 102 cm³/mol. The van der Waals surface area contributed by atoms with E-state index in [1.165, 1.54) is 4.88 Å². The van der Waals surface area contributed by atoms with Crippen LogP contribution in [0.5, 0.6) is 5.75 Å². The smallest absolute Gasteiger partial charge is 0.262 e. The van der Waals surface area contributed by atoms with E-state index in [2.05, 4.69) is 24.4 Å². The number of carbonyl (C=O) groups is 1. The van der Waals surface area contributed by atoms with Crippen LogP contribution in [0.1, 0.15) is 26.3 Å². The largest absolute Gasteiger partial charge is 0.497 e. The van der Waals surface area contributed by atoms with Gasteiger partial charge >= 0.3 is 0 Å². The molecule has 0 saturated carbocycles. The Kier molecular flexibility index (Phi) is 3.93. The van der Waals surface area contributed by atoms with Gasteiger partial charge in [0.1, 0.15) is 11.9 Å². The van der Waals surface area contributed by atoms with Crippen molar-refractivity contribution in [3.63, 3.8) is 0 Å². The molecule has 0 fully saturated rings. The molecule has 4 nitrogen and oxygen atoms in total. The molecule has 4 rings (SSSR count). The SMILES string of the molecule is COc1ccc(N2C(=O)c3ccccc3NC2c2ccc(C)s2)cc1. The third-order valence-corrected chi connectivity index (χ3v) is 5.36. The maximum absolute atomic E-state index is 13.2. The number of anilines is 2. The van der Waals surface area contributed by atoms with Crippen LogP contribution < -0.4 is 15.0 Å². The fraction of sp³-hybridized carbons (Fsp3) is 0.150. The Morgan fingerprint density at radius 2 is 1.80 bits per heavy atom. The van der Waals surface area contributed by atoms with Crippen molar-refractivity contribution in [2.45, 2.75) is 13.1 Å². The van der Waals surface area contributed by atoms with Crippen molar-refractivity contribution in [1.82, 2.24) is 0 Å². The van der Waals surface area contributed by atoms with E-state index in [-0.39, 0.29) is 12.1 Å².